The molecule has 2 aromatic rings. The van der Waals surface area contributed by atoms with Crippen molar-refractivity contribution in [2.24, 2.45) is 5.92 Å². The van der Waals surface area contributed by atoms with Crippen LogP contribution in [0.4, 0.5) is 0 Å². The Balaban J connectivity index is 2.27. The summed E-state index contributed by atoms with van der Waals surface area (Å²) in [5.41, 5.74) is 1.50. The number of hydrogen-bond acceptors (Lipinski definition) is 4. The first-order valence-corrected chi connectivity index (χ1v) is 8.33. The molecular weight excluding hydrogens is 300 g/mol. The van der Waals surface area contributed by atoms with Gasteiger partial charge in [-0.1, -0.05) is 37.7 Å². The van der Waals surface area contributed by atoms with E-state index < -0.39 is 5.97 Å². The number of fused-ring (bicyclic) bond motifs is 1. The first-order valence-electron chi connectivity index (χ1n) is 7.34. The van der Waals surface area contributed by atoms with E-state index in [1.54, 1.807) is 16.3 Å². The molecular formula is C16H20N2O3S. The summed E-state index contributed by atoms with van der Waals surface area (Å²) in [4.78, 5) is 27.6. The summed E-state index contributed by atoms with van der Waals surface area (Å²) in [6.07, 6.45) is 0.853. The third-order valence-corrected chi connectivity index (χ3v) is 4.23. The molecule has 1 N–H and O–H groups in total. The number of carboxylic acid groups (broad SMARTS) is 1. The molecule has 0 aliphatic rings. The number of thioether (sulfide) groups is 1. The highest BCUT2D eigenvalue weighted by molar-refractivity contribution is 7.99. The van der Waals surface area contributed by atoms with Gasteiger partial charge in [0.2, 0.25) is 5.91 Å². The lowest BCUT2D eigenvalue weighted by Crippen LogP contribution is -2.13. The van der Waals surface area contributed by atoms with Gasteiger partial charge in [0.15, 0.2) is 5.16 Å². The van der Waals surface area contributed by atoms with Crippen molar-refractivity contribution < 1.29 is 14.7 Å². The molecule has 0 spiro atoms. The van der Waals surface area contributed by atoms with E-state index in [0.29, 0.717) is 11.1 Å². The van der Waals surface area contributed by atoms with Crippen LogP contribution in [0.3, 0.4) is 0 Å². The first kappa shape index (κ1) is 16.5. The Morgan fingerprint density at radius 3 is 2.68 bits per heavy atom. The number of carbonyl (C=O) groups excluding carboxylic acids is 1. The minimum atomic E-state index is -0.966. The lowest BCUT2D eigenvalue weighted by atomic mass is 10.2. The van der Waals surface area contributed by atoms with Crippen LogP contribution in [0.25, 0.3) is 11.0 Å². The Kier molecular flexibility index (Phi) is 5.60. The van der Waals surface area contributed by atoms with Crippen LogP contribution in [0.1, 0.15) is 37.9 Å². The Bertz CT molecular complexity index is 679. The van der Waals surface area contributed by atoms with Gasteiger partial charge in [-0.25, -0.2) is 4.98 Å². The Labute approximate surface area is 133 Å². The van der Waals surface area contributed by atoms with E-state index in [1.165, 1.54) is 0 Å². The monoisotopic (exact) mass is 320 g/mol. The Morgan fingerprint density at radius 1 is 1.27 bits per heavy atom. The van der Waals surface area contributed by atoms with Gasteiger partial charge in [0.1, 0.15) is 0 Å². The molecule has 5 nitrogen and oxygen atoms in total. The van der Waals surface area contributed by atoms with Crippen LogP contribution < -0.4 is 0 Å². The molecule has 0 radical (unpaired) electrons. The average Bonchev–Trinajstić information content (AvgIpc) is 2.82. The Morgan fingerprint density at radius 2 is 2.00 bits per heavy atom. The lowest BCUT2D eigenvalue weighted by molar-refractivity contribution is -0.137. The van der Waals surface area contributed by atoms with Gasteiger partial charge < -0.3 is 5.11 Å². The van der Waals surface area contributed by atoms with Crippen molar-refractivity contribution in [2.45, 2.75) is 38.3 Å². The van der Waals surface area contributed by atoms with Gasteiger partial charge in [0.25, 0.3) is 0 Å². The quantitative estimate of drug-likeness (QED) is 0.788. The fourth-order valence-electron chi connectivity index (χ4n) is 2.05. The van der Waals surface area contributed by atoms with Crippen molar-refractivity contribution >= 4 is 34.7 Å². The van der Waals surface area contributed by atoms with Crippen LogP contribution >= 0.6 is 11.8 Å². The van der Waals surface area contributed by atoms with E-state index in [1.807, 2.05) is 24.3 Å². The van der Waals surface area contributed by atoms with Crippen LogP contribution in [0.2, 0.25) is 0 Å². The second kappa shape index (κ2) is 7.45. The normalized spacial score (nSPS) is 11.2. The van der Waals surface area contributed by atoms with Crippen molar-refractivity contribution in [3.63, 3.8) is 0 Å². The van der Waals surface area contributed by atoms with Gasteiger partial charge >= 0.3 is 5.97 Å². The molecule has 1 aromatic heterocycles. The molecule has 0 unspecified atom stereocenters. The molecule has 1 aromatic carbocycles. The SMILES string of the molecule is CC(C)CCSc1nc2ccccc2n1C(=O)CCC(=O)O. The number of rotatable bonds is 7. The number of carboxylic acids is 1. The second-order valence-electron chi connectivity index (χ2n) is 5.54. The van der Waals surface area contributed by atoms with Crippen LogP contribution in [-0.4, -0.2) is 32.3 Å². The smallest absolute Gasteiger partial charge is 0.303 e. The number of hydrogen-bond donors (Lipinski definition) is 1. The van der Waals surface area contributed by atoms with E-state index in [9.17, 15) is 9.59 Å². The van der Waals surface area contributed by atoms with Gasteiger partial charge in [-0.05, 0) is 24.5 Å². The van der Waals surface area contributed by atoms with Gasteiger partial charge in [-0.3, -0.25) is 14.2 Å². The largest absolute Gasteiger partial charge is 0.481 e. The molecule has 22 heavy (non-hydrogen) atoms. The van der Waals surface area contributed by atoms with Crippen molar-refractivity contribution in [3.05, 3.63) is 24.3 Å². The highest BCUT2D eigenvalue weighted by Gasteiger charge is 2.17. The summed E-state index contributed by atoms with van der Waals surface area (Å²) in [6, 6.07) is 7.44. The number of benzene rings is 1. The summed E-state index contributed by atoms with van der Waals surface area (Å²) >= 11 is 1.55. The molecule has 0 bridgehead atoms. The topological polar surface area (TPSA) is 72.2 Å². The zero-order valence-corrected chi connectivity index (χ0v) is 13.6. The first-order chi connectivity index (χ1) is 10.5. The van der Waals surface area contributed by atoms with E-state index >= 15 is 0 Å². The Hall–Kier alpha value is -1.82. The summed E-state index contributed by atoms with van der Waals surface area (Å²) in [5, 5.41) is 9.41. The predicted octanol–water partition coefficient (Wildman–Crippen LogP) is 3.68. The summed E-state index contributed by atoms with van der Waals surface area (Å²) in [7, 11) is 0. The molecule has 0 atom stereocenters. The van der Waals surface area contributed by atoms with Crippen molar-refractivity contribution in [1.82, 2.24) is 9.55 Å². The molecule has 6 heteroatoms. The number of aromatic nitrogens is 2. The fourth-order valence-corrected chi connectivity index (χ4v) is 3.32. The van der Waals surface area contributed by atoms with Gasteiger partial charge in [0.05, 0.1) is 17.5 Å². The van der Waals surface area contributed by atoms with E-state index in [2.05, 4.69) is 18.8 Å². The van der Waals surface area contributed by atoms with Crippen LogP contribution in [0, 0.1) is 5.92 Å². The maximum absolute atomic E-state index is 12.4. The third kappa shape index (κ3) is 4.10. The highest BCUT2D eigenvalue weighted by atomic mass is 32.2. The van der Waals surface area contributed by atoms with Crippen LogP contribution in [0.15, 0.2) is 29.4 Å². The predicted molar refractivity (Wildman–Crippen MR) is 87.4 cm³/mol. The molecule has 0 fully saturated rings. The van der Waals surface area contributed by atoms with Gasteiger partial charge in [0, 0.05) is 12.2 Å². The van der Waals surface area contributed by atoms with Crippen LogP contribution in [0.5, 0.6) is 0 Å². The van der Waals surface area contributed by atoms with Crippen molar-refractivity contribution in [3.8, 4) is 0 Å². The number of nitrogens with zero attached hydrogens (tertiary/aromatic N) is 2. The van der Waals surface area contributed by atoms with Crippen molar-refractivity contribution in [2.75, 3.05) is 5.75 Å². The number of aliphatic carboxylic acids is 1. The van der Waals surface area contributed by atoms with Crippen LogP contribution in [-0.2, 0) is 4.79 Å². The molecule has 0 saturated heterocycles. The molecule has 118 valence electrons. The van der Waals surface area contributed by atoms with Crippen molar-refractivity contribution in [1.29, 1.82) is 0 Å². The number of imidazole rings is 1. The van der Waals surface area contributed by atoms with E-state index in [-0.39, 0.29) is 18.7 Å². The maximum Gasteiger partial charge on any atom is 0.303 e. The third-order valence-electron chi connectivity index (χ3n) is 3.26. The number of carbonyl (C=O) groups is 2. The fraction of sp³-hybridized carbons (Fsp3) is 0.438. The van der Waals surface area contributed by atoms with Gasteiger partial charge in [-0.15, -0.1) is 0 Å². The maximum atomic E-state index is 12.4. The summed E-state index contributed by atoms with van der Waals surface area (Å²) < 4.78 is 1.56. The molecule has 0 amide bonds. The van der Waals surface area contributed by atoms with E-state index in [0.717, 1.165) is 23.2 Å². The standard InChI is InChI=1S/C16H20N2O3S/c1-11(2)9-10-22-16-17-12-5-3-4-6-13(12)18(16)14(19)7-8-15(20)21/h3-6,11H,7-10H2,1-2H3,(H,20,21). The molecule has 1 heterocycles. The zero-order valence-electron chi connectivity index (χ0n) is 12.8. The second-order valence-corrected chi connectivity index (χ2v) is 6.60. The molecule has 0 aliphatic carbocycles. The average molecular weight is 320 g/mol. The minimum absolute atomic E-state index is 0.0204. The minimum Gasteiger partial charge on any atom is -0.481 e. The number of para-hydroxylation sites is 2. The zero-order chi connectivity index (χ0) is 16.1. The lowest BCUT2D eigenvalue weighted by Gasteiger charge is -2.07. The van der Waals surface area contributed by atoms with E-state index in [4.69, 9.17) is 5.11 Å². The molecule has 0 saturated carbocycles. The molecule has 0 aliphatic heterocycles. The summed E-state index contributed by atoms with van der Waals surface area (Å²) in [5.74, 6) is 0.288. The summed E-state index contributed by atoms with van der Waals surface area (Å²) in [6.45, 7) is 4.31. The molecule has 2 rings (SSSR count). The highest BCUT2D eigenvalue weighted by Crippen LogP contribution is 2.26. The van der Waals surface area contributed by atoms with Gasteiger partial charge in [-0.2, -0.15) is 0 Å².